The van der Waals surface area contributed by atoms with Crippen molar-refractivity contribution >= 4 is 5.91 Å². The van der Waals surface area contributed by atoms with Gasteiger partial charge in [-0.1, -0.05) is 17.4 Å². The van der Waals surface area contributed by atoms with E-state index < -0.39 is 24.0 Å². The van der Waals surface area contributed by atoms with E-state index in [-0.39, 0.29) is 17.6 Å². The lowest BCUT2D eigenvalue weighted by molar-refractivity contribution is -0.163. The van der Waals surface area contributed by atoms with Crippen molar-refractivity contribution in [3.05, 3.63) is 53.1 Å². The summed E-state index contributed by atoms with van der Waals surface area (Å²) < 4.78 is 41.4. The van der Waals surface area contributed by atoms with Crippen LogP contribution in [0.2, 0.25) is 0 Å². The average molecular weight is 404 g/mol. The normalized spacial score (nSPS) is 22.0. The van der Waals surface area contributed by atoms with Crippen LogP contribution in [0.15, 0.2) is 41.8 Å². The molecule has 0 aromatic carbocycles. The second kappa shape index (κ2) is 7.09. The van der Waals surface area contributed by atoms with Crippen molar-refractivity contribution in [2.24, 2.45) is 5.92 Å². The molecule has 0 spiro atoms. The molecule has 4 rings (SSSR count). The number of aromatic nitrogens is 5. The van der Waals surface area contributed by atoms with Crippen molar-refractivity contribution in [1.82, 2.24) is 29.9 Å². The first-order valence-electron chi connectivity index (χ1n) is 9.26. The molecule has 7 nitrogen and oxygen atoms in total. The Kier molecular flexibility index (Phi) is 4.71. The lowest BCUT2D eigenvalue weighted by Crippen LogP contribution is -2.41. The predicted octanol–water partition coefficient (Wildman–Crippen LogP) is 2.96. The fourth-order valence-corrected chi connectivity index (χ4v) is 3.87. The highest BCUT2D eigenvalue weighted by molar-refractivity contribution is 5.97. The Morgan fingerprint density at radius 1 is 1.24 bits per heavy atom. The summed E-state index contributed by atoms with van der Waals surface area (Å²) in [6.45, 7) is 3.52. The Labute approximate surface area is 164 Å². The summed E-state index contributed by atoms with van der Waals surface area (Å²) in [6.07, 6.45) is 2.05. The van der Waals surface area contributed by atoms with Gasteiger partial charge in [-0.25, -0.2) is 9.97 Å². The van der Waals surface area contributed by atoms with Crippen LogP contribution in [0.25, 0.3) is 5.95 Å². The summed E-state index contributed by atoms with van der Waals surface area (Å²) in [6, 6.07) is 1.27. The predicted molar refractivity (Wildman–Crippen MR) is 96.8 cm³/mol. The molecule has 0 radical (unpaired) electrons. The van der Waals surface area contributed by atoms with Gasteiger partial charge in [0.15, 0.2) is 0 Å². The molecule has 10 heteroatoms. The molecule has 2 aromatic heterocycles. The minimum Gasteiger partial charge on any atom is -0.330 e. The minimum absolute atomic E-state index is 0.0596. The van der Waals surface area contributed by atoms with Crippen molar-refractivity contribution in [3.8, 4) is 5.95 Å². The van der Waals surface area contributed by atoms with Crippen molar-refractivity contribution < 1.29 is 18.0 Å². The molecular formula is C19H19F3N6O. The molecule has 1 aliphatic carbocycles. The van der Waals surface area contributed by atoms with Gasteiger partial charge < -0.3 is 4.90 Å². The minimum atomic E-state index is -4.38. The number of alkyl halides is 3. The zero-order valence-electron chi connectivity index (χ0n) is 15.9. The van der Waals surface area contributed by atoms with Gasteiger partial charge >= 0.3 is 6.18 Å². The quantitative estimate of drug-likeness (QED) is 0.769. The van der Waals surface area contributed by atoms with Gasteiger partial charge in [0.05, 0.1) is 17.7 Å². The van der Waals surface area contributed by atoms with Gasteiger partial charge in [0.2, 0.25) is 0 Å². The Balaban J connectivity index is 1.63. The molecule has 0 N–H and O–H groups in total. The van der Waals surface area contributed by atoms with E-state index in [1.807, 2.05) is 0 Å². The smallest absolute Gasteiger partial charge is 0.330 e. The highest BCUT2D eigenvalue weighted by atomic mass is 19.4. The molecule has 0 fully saturated rings. The first kappa shape index (κ1) is 19.3. The van der Waals surface area contributed by atoms with Gasteiger partial charge in [-0.2, -0.15) is 17.9 Å². The second-order valence-electron chi connectivity index (χ2n) is 7.14. The van der Waals surface area contributed by atoms with Crippen LogP contribution >= 0.6 is 0 Å². The molecule has 2 aromatic rings. The SMILES string of the molecule is CC1=C(C(=O)N2CCc3c(nnn3-c3ncccn3)[C@H]2C)C=CCC1C(F)(F)F. The fraction of sp³-hybridized carbons (Fsp3) is 0.421. The lowest BCUT2D eigenvalue weighted by Gasteiger charge is -2.34. The van der Waals surface area contributed by atoms with Crippen LogP contribution in [-0.2, 0) is 11.2 Å². The molecule has 2 atom stereocenters. The molecule has 29 heavy (non-hydrogen) atoms. The van der Waals surface area contributed by atoms with Gasteiger partial charge in [-0.15, -0.1) is 5.10 Å². The summed E-state index contributed by atoms with van der Waals surface area (Å²) in [4.78, 5) is 23.0. The average Bonchev–Trinajstić information content (AvgIpc) is 3.13. The molecule has 0 saturated carbocycles. The molecule has 1 aliphatic heterocycles. The van der Waals surface area contributed by atoms with Crippen molar-refractivity contribution in [2.45, 2.75) is 38.9 Å². The van der Waals surface area contributed by atoms with Crippen molar-refractivity contribution in [2.75, 3.05) is 6.54 Å². The van der Waals surface area contributed by atoms with Gasteiger partial charge in [0, 0.05) is 30.9 Å². The number of amides is 1. The van der Waals surface area contributed by atoms with Gasteiger partial charge in [-0.3, -0.25) is 4.79 Å². The van der Waals surface area contributed by atoms with Gasteiger partial charge in [-0.05, 0) is 31.9 Å². The van der Waals surface area contributed by atoms with Crippen LogP contribution in [0.4, 0.5) is 13.2 Å². The number of allylic oxidation sites excluding steroid dienone is 2. The third kappa shape index (κ3) is 3.32. The molecular weight excluding hydrogens is 385 g/mol. The maximum Gasteiger partial charge on any atom is 0.395 e. The number of halogens is 3. The molecule has 3 heterocycles. The topological polar surface area (TPSA) is 76.8 Å². The van der Waals surface area contributed by atoms with E-state index in [1.165, 1.54) is 19.1 Å². The van der Waals surface area contributed by atoms with E-state index in [4.69, 9.17) is 0 Å². The molecule has 1 unspecified atom stereocenters. The fourth-order valence-electron chi connectivity index (χ4n) is 3.87. The third-order valence-corrected chi connectivity index (χ3v) is 5.48. The van der Waals surface area contributed by atoms with Crippen LogP contribution in [0.1, 0.15) is 37.7 Å². The van der Waals surface area contributed by atoms with Gasteiger partial charge in [0.25, 0.3) is 11.9 Å². The van der Waals surface area contributed by atoms with E-state index in [2.05, 4.69) is 20.3 Å². The highest BCUT2D eigenvalue weighted by Gasteiger charge is 2.43. The van der Waals surface area contributed by atoms with E-state index in [9.17, 15) is 18.0 Å². The Morgan fingerprint density at radius 2 is 1.97 bits per heavy atom. The summed E-state index contributed by atoms with van der Waals surface area (Å²) in [5, 5.41) is 8.30. The number of hydrogen-bond acceptors (Lipinski definition) is 5. The summed E-state index contributed by atoms with van der Waals surface area (Å²) in [7, 11) is 0. The number of nitrogens with zero attached hydrogens (tertiary/aromatic N) is 6. The number of hydrogen-bond donors (Lipinski definition) is 0. The van der Waals surface area contributed by atoms with Crippen molar-refractivity contribution in [3.63, 3.8) is 0 Å². The summed E-state index contributed by atoms with van der Waals surface area (Å²) in [5.41, 5.74) is 1.56. The molecule has 0 bridgehead atoms. The van der Waals surface area contributed by atoms with Crippen molar-refractivity contribution in [1.29, 1.82) is 0 Å². The molecule has 0 saturated heterocycles. The summed E-state index contributed by atoms with van der Waals surface area (Å²) >= 11 is 0. The van der Waals surface area contributed by atoms with Crippen LogP contribution in [0.5, 0.6) is 0 Å². The van der Waals surface area contributed by atoms with Crippen LogP contribution in [0, 0.1) is 5.92 Å². The third-order valence-electron chi connectivity index (χ3n) is 5.48. The van der Waals surface area contributed by atoms with Crippen LogP contribution in [0.3, 0.4) is 0 Å². The number of fused-ring (bicyclic) bond motifs is 1. The lowest BCUT2D eigenvalue weighted by atomic mass is 9.86. The number of carbonyl (C=O) groups is 1. The van der Waals surface area contributed by atoms with E-state index in [1.54, 1.807) is 35.0 Å². The first-order chi connectivity index (χ1) is 13.8. The monoisotopic (exact) mass is 404 g/mol. The zero-order valence-corrected chi connectivity index (χ0v) is 15.9. The zero-order chi connectivity index (χ0) is 20.8. The van der Waals surface area contributed by atoms with Crippen LogP contribution < -0.4 is 0 Å². The highest BCUT2D eigenvalue weighted by Crippen LogP contribution is 2.39. The molecule has 1 amide bonds. The number of carbonyl (C=O) groups excluding carboxylic acids is 1. The second-order valence-corrected chi connectivity index (χ2v) is 7.14. The van der Waals surface area contributed by atoms with E-state index in [0.717, 1.165) is 5.69 Å². The number of rotatable bonds is 2. The largest absolute Gasteiger partial charge is 0.395 e. The maximum atomic E-state index is 13.3. The van der Waals surface area contributed by atoms with Gasteiger partial charge in [0.1, 0.15) is 5.69 Å². The molecule has 152 valence electrons. The Bertz CT molecular complexity index is 995. The Morgan fingerprint density at radius 3 is 2.66 bits per heavy atom. The van der Waals surface area contributed by atoms with Crippen LogP contribution in [-0.4, -0.2) is 48.5 Å². The standard InChI is InChI=1S/C19H19F3N6O/c1-11-13(5-3-6-14(11)19(20,21)22)17(29)27-10-7-15-16(12(27)2)25-26-28(15)18-23-8-4-9-24-18/h3-5,8-9,12,14H,6-7,10H2,1-2H3/t12-,14?/m1/s1. The van der Waals surface area contributed by atoms with E-state index in [0.29, 0.717) is 24.6 Å². The summed E-state index contributed by atoms with van der Waals surface area (Å²) in [5.74, 6) is -1.66. The van der Waals surface area contributed by atoms with E-state index >= 15 is 0 Å². The first-order valence-corrected chi connectivity index (χ1v) is 9.26. The maximum absolute atomic E-state index is 13.3. The molecule has 2 aliphatic rings. The Hall–Kier alpha value is -3.04.